The van der Waals surface area contributed by atoms with Gasteiger partial charge in [0.2, 0.25) is 0 Å². The van der Waals surface area contributed by atoms with E-state index in [9.17, 15) is 15.3 Å². The topological polar surface area (TPSA) is 82.0 Å². The molecule has 28 heavy (non-hydrogen) atoms. The molecular weight excluding hydrogens is 354 g/mol. The molecule has 3 aromatic carbocycles. The summed E-state index contributed by atoms with van der Waals surface area (Å²) in [5.41, 5.74) is 4.25. The van der Waals surface area contributed by atoms with Gasteiger partial charge < -0.3 is 25.4 Å². The number of ether oxygens (including phenoxy) is 1. The molecule has 1 aliphatic heterocycles. The lowest BCUT2D eigenvalue weighted by Gasteiger charge is -2.32. The summed E-state index contributed by atoms with van der Waals surface area (Å²) < 4.78 is 5.50. The average Bonchev–Trinajstić information content (AvgIpc) is 2.61. The molecule has 1 heterocycles. The smallest absolute Gasteiger partial charge is 0.130 e. The lowest BCUT2D eigenvalue weighted by molar-refractivity contribution is 0.402. The number of aryl methyl sites for hydroxylation is 1. The Hall–Kier alpha value is -2.92. The maximum absolute atomic E-state index is 10.8. The van der Waals surface area contributed by atoms with E-state index in [0.717, 1.165) is 27.6 Å². The summed E-state index contributed by atoms with van der Waals surface area (Å²) in [6.45, 7) is 6.07. The standard InChI is InChI=1S/C23H25NO4/c1-11-7-15-14(5-6-17(25)23(15)20(8-11)28-4)22-16-9-12(2)24-13(3)21(16)18(26)10-19(22)27/h5-8,10,12-13,24-27H,9H2,1-4H3/t12-,13+/m1/s1. The first-order valence-electron chi connectivity index (χ1n) is 9.46. The molecule has 4 rings (SSSR count). The van der Waals surface area contributed by atoms with E-state index >= 15 is 0 Å². The van der Waals surface area contributed by atoms with Crippen molar-refractivity contribution < 1.29 is 20.1 Å². The molecule has 0 radical (unpaired) electrons. The second-order valence-electron chi connectivity index (χ2n) is 7.70. The number of rotatable bonds is 2. The van der Waals surface area contributed by atoms with Crippen LogP contribution in [-0.4, -0.2) is 28.5 Å². The molecule has 0 bridgehead atoms. The highest BCUT2D eigenvalue weighted by atomic mass is 16.5. The predicted octanol–water partition coefficient (Wildman–Crippen LogP) is 4.54. The second-order valence-corrected chi connectivity index (χ2v) is 7.70. The van der Waals surface area contributed by atoms with Gasteiger partial charge in [-0.2, -0.15) is 0 Å². The van der Waals surface area contributed by atoms with Crippen LogP contribution in [0.25, 0.3) is 21.9 Å². The first-order chi connectivity index (χ1) is 13.3. The van der Waals surface area contributed by atoms with Crippen LogP contribution in [0.3, 0.4) is 0 Å². The van der Waals surface area contributed by atoms with Gasteiger partial charge in [-0.3, -0.25) is 0 Å². The Balaban J connectivity index is 2.12. The van der Waals surface area contributed by atoms with Crippen LogP contribution in [0.4, 0.5) is 0 Å². The molecule has 0 unspecified atom stereocenters. The number of nitrogens with one attached hydrogen (secondary N) is 1. The molecule has 0 amide bonds. The fourth-order valence-corrected chi connectivity index (χ4v) is 4.54. The van der Waals surface area contributed by atoms with E-state index in [2.05, 4.69) is 12.2 Å². The van der Waals surface area contributed by atoms with Crippen molar-refractivity contribution in [3.8, 4) is 34.1 Å². The normalized spacial score (nSPS) is 18.9. The van der Waals surface area contributed by atoms with Crippen molar-refractivity contribution in [3.63, 3.8) is 0 Å². The number of aromatic hydroxyl groups is 3. The second kappa shape index (κ2) is 6.60. The minimum Gasteiger partial charge on any atom is -0.507 e. The lowest BCUT2D eigenvalue weighted by Crippen LogP contribution is -2.36. The number of hydrogen-bond acceptors (Lipinski definition) is 5. The molecule has 2 atom stereocenters. The van der Waals surface area contributed by atoms with Gasteiger partial charge in [-0.05, 0) is 67.5 Å². The molecule has 5 nitrogen and oxygen atoms in total. The molecule has 4 N–H and O–H groups in total. The van der Waals surface area contributed by atoms with Gasteiger partial charge in [0, 0.05) is 29.3 Å². The Kier molecular flexibility index (Phi) is 4.35. The molecular formula is C23H25NO4. The van der Waals surface area contributed by atoms with Crippen LogP contribution < -0.4 is 10.1 Å². The highest BCUT2D eigenvalue weighted by molar-refractivity contribution is 6.05. The Morgan fingerprint density at radius 1 is 1.00 bits per heavy atom. The van der Waals surface area contributed by atoms with Gasteiger partial charge in [0.15, 0.2) is 0 Å². The lowest BCUT2D eigenvalue weighted by atomic mass is 9.83. The summed E-state index contributed by atoms with van der Waals surface area (Å²) in [5, 5.41) is 36.7. The summed E-state index contributed by atoms with van der Waals surface area (Å²) >= 11 is 0. The van der Waals surface area contributed by atoms with E-state index in [1.54, 1.807) is 13.2 Å². The molecule has 0 saturated heterocycles. The number of methoxy groups -OCH3 is 1. The summed E-state index contributed by atoms with van der Waals surface area (Å²) in [7, 11) is 1.58. The molecule has 146 valence electrons. The summed E-state index contributed by atoms with van der Waals surface area (Å²) in [5.74, 6) is 0.848. The van der Waals surface area contributed by atoms with Crippen molar-refractivity contribution in [1.29, 1.82) is 0 Å². The molecule has 0 spiro atoms. The monoisotopic (exact) mass is 379 g/mol. The van der Waals surface area contributed by atoms with Gasteiger partial charge in [0.05, 0.1) is 12.5 Å². The first-order valence-corrected chi connectivity index (χ1v) is 9.46. The zero-order valence-corrected chi connectivity index (χ0v) is 16.5. The van der Waals surface area contributed by atoms with Crippen LogP contribution in [-0.2, 0) is 6.42 Å². The maximum Gasteiger partial charge on any atom is 0.130 e. The zero-order valence-electron chi connectivity index (χ0n) is 16.5. The minimum atomic E-state index is -0.0299. The molecule has 0 fully saturated rings. The van der Waals surface area contributed by atoms with Crippen molar-refractivity contribution >= 4 is 10.8 Å². The Morgan fingerprint density at radius 2 is 1.75 bits per heavy atom. The van der Waals surface area contributed by atoms with Crippen LogP contribution in [0.1, 0.15) is 36.6 Å². The fourth-order valence-electron chi connectivity index (χ4n) is 4.54. The molecule has 0 saturated carbocycles. The van der Waals surface area contributed by atoms with Crippen LogP contribution in [0.2, 0.25) is 0 Å². The van der Waals surface area contributed by atoms with Gasteiger partial charge in [-0.25, -0.2) is 0 Å². The van der Waals surface area contributed by atoms with Crippen LogP contribution in [0.5, 0.6) is 23.0 Å². The van der Waals surface area contributed by atoms with Crippen molar-refractivity contribution in [2.75, 3.05) is 7.11 Å². The van der Waals surface area contributed by atoms with E-state index in [0.29, 0.717) is 23.1 Å². The maximum atomic E-state index is 10.8. The van der Waals surface area contributed by atoms with Crippen LogP contribution >= 0.6 is 0 Å². The van der Waals surface area contributed by atoms with Gasteiger partial charge >= 0.3 is 0 Å². The predicted molar refractivity (Wildman–Crippen MR) is 110 cm³/mol. The third kappa shape index (κ3) is 2.74. The van der Waals surface area contributed by atoms with Gasteiger partial charge in [0.1, 0.15) is 23.0 Å². The molecule has 0 aliphatic carbocycles. The van der Waals surface area contributed by atoms with E-state index in [1.165, 1.54) is 6.07 Å². The van der Waals surface area contributed by atoms with E-state index in [-0.39, 0.29) is 29.3 Å². The molecule has 5 heteroatoms. The van der Waals surface area contributed by atoms with Crippen molar-refractivity contribution in [2.24, 2.45) is 0 Å². The molecule has 0 aromatic heterocycles. The van der Waals surface area contributed by atoms with Gasteiger partial charge in [0.25, 0.3) is 0 Å². The summed E-state index contributed by atoms with van der Waals surface area (Å²) in [6.07, 6.45) is 0.683. The summed E-state index contributed by atoms with van der Waals surface area (Å²) in [4.78, 5) is 0. The Morgan fingerprint density at radius 3 is 2.46 bits per heavy atom. The number of benzene rings is 3. The van der Waals surface area contributed by atoms with Crippen molar-refractivity contribution in [3.05, 3.63) is 47.0 Å². The quantitative estimate of drug-likeness (QED) is 0.526. The summed E-state index contributed by atoms with van der Waals surface area (Å²) in [6, 6.07) is 8.90. The molecule has 3 aromatic rings. The van der Waals surface area contributed by atoms with Gasteiger partial charge in [-0.15, -0.1) is 0 Å². The van der Waals surface area contributed by atoms with Crippen molar-refractivity contribution in [1.82, 2.24) is 5.32 Å². The zero-order chi connectivity index (χ0) is 20.2. The van der Waals surface area contributed by atoms with Crippen molar-refractivity contribution in [2.45, 2.75) is 39.3 Å². The SMILES string of the molecule is COc1cc(C)cc2c(-c3c(O)cc(O)c4c3C[C@@H](C)N[C@H]4C)ccc(O)c12. The fraction of sp³-hybridized carbons (Fsp3) is 0.304. The highest BCUT2D eigenvalue weighted by Crippen LogP contribution is 2.48. The van der Waals surface area contributed by atoms with Crippen LogP contribution in [0.15, 0.2) is 30.3 Å². The third-order valence-electron chi connectivity index (χ3n) is 5.60. The van der Waals surface area contributed by atoms with E-state index in [1.807, 2.05) is 32.0 Å². The van der Waals surface area contributed by atoms with E-state index < -0.39 is 0 Å². The first kappa shape index (κ1) is 18.4. The van der Waals surface area contributed by atoms with Crippen LogP contribution in [0, 0.1) is 6.92 Å². The number of phenolic OH excluding ortho intramolecular Hbond substituents is 3. The largest absolute Gasteiger partial charge is 0.507 e. The Bertz CT molecular complexity index is 1090. The molecule has 1 aliphatic rings. The number of hydrogen-bond donors (Lipinski definition) is 4. The van der Waals surface area contributed by atoms with E-state index in [4.69, 9.17) is 4.74 Å². The third-order valence-corrected chi connectivity index (χ3v) is 5.60. The average molecular weight is 379 g/mol. The number of fused-ring (bicyclic) bond motifs is 2. The Labute approximate surface area is 164 Å². The minimum absolute atomic E-state index is 0.0299. The van der Waals surface area contributed by atoms with Gasteiger partial charge in [-0.1, -0.05) is 6.07 Å². The highest BCUT2D eigenvalue weighted by Gasteiger charge is 2.29. The number of phenols is 3.